The Morgan fingerprint density at radius 2 is 2.33 bits per heavy atom. The van der Waals surface area contributed by atoms with Gasteiger partial charge < -0.3 is 10.6 Å². The lowest BCUT2D eigenvalue weighted by molar-refractivity contribution is -0.123. The summed E-state index contributed by atoms with van der Waals surface area (Å²) in [6.07, 6.45) is 3.07. The summed E-state index contributed by atoms with van der Waals surface area (Å²) in [6.45, 7) is 1.26. The molecule has 98 valence electrons. The molecule has 1 heterocycles. The molecule has 0 bridgehead atoms. The van der Waals surface area contributed by atoms with Crippen LogP contribution in [0.2, 0.25) is 5.02 Å². The van der Waals surface area contributed by atoms with E-state index in [0.717, 1.165) is 31.4 Å². The van der Waals surface area contributed by atoms with Crippen LogP contribution in [-0.2, 0) is 11.3 Å². The summed E-state index contributed by atoms with van der Waals surface area (Å²) in [4.78, 5) is 11.8. The molecule has 1 amide bonds. The van der Waals surface area contributed by atoms with Crippen LogP contribution < -0.4 is 10.6 Å². The van der Waals surface area contributed by atoms with Crippen LogP contribution in [0.4, 0.5) is 4.39 Å². The van der Waals surface area contributed by atoms with E-state index in [1.165, 1.54) is 12.1 Å². The van der Waals surface area contributed by atoms with Crippen LogP contribution in [0.3, 0.4) is 0 Å². The lowest BCUT2D eigenvalue weighted by atomic mass is 10.0. The van der Waals surface area contributed by atoms with Gasteiger partial charge in [0.15, 0.2) is 0 Å². The molecule has 1 saturated heterocycles. The molecule has 0 saturated carbocycles. The molecule has 1 fully saturated rings. The predicted octanol–water partition coefficient (Wildman–Crippen LogP) is 2.24. The van der Waals surface area contributed by atoms with E-state index < -0.39 is 5.82 Å². The molecule has 2 rings (SSSR count). The van der Waals surface area contributed by atoms with Crippen molar-refractivity contribution in [1.29, 1.82) is 0 Å². The molecule has 2 N–H and O–H groups in total. The smallest absolute Gasteiger partial charge is 0.237 e. The van der Waals surface area contributed by atoms with Crippen molar-refractivity contribution in [3.63, 3.8) is 0 Å². The standard InChI is InChI=1S/C13H16ClFN2O/c14-10-7-9(4-5-11(10)15)8-17-13(18)12-3-1-2-6-16-12/h4-5,7,12,16H,1-3,6,8H2,(H,17,18)/t12-/m0/s1. The fourth-order valence-corrected chi connectivity index (χ4v) is 2.24. The average Bonchev–Trinajstić information content (AvgIpc) is 2.41. The van der Waals surface area contributed by atoms with Gasteiger partial charge in [-0.1, -0.05) is 24.1 Å². The number of nitrogens with one attached hydrogen (secondary N) is 2. The molecule has 18 heavy (non-hydrogen) atoms. The van der Waals surface area contributed by atoms with Crippen molar-refractivity contribution in [3.05, 3.63) is 34.6 Å². The Kier molecular flexibility index (Phi) is 4.55. The van der Waals surface area contributed by atoms with Crippen molar-refractivity contribution < 1.29 is 9.18 Å². The van der Waals surface area contributed by atoms with Gasteiger partial charge in [-0.05, 0) is 37.1 Å². The summed E-state index contributed by atoms with van der Waals surface area (Å²) in [5.41, 5.74) is 0.797. The molecule has 0 spiro atoms. The molecular formula is C13H16ClFN2O. The van der Waals surface area contributed by atoms with Gasteiger partial charge in [-0.2, -0.15) is 0 Å². The molecule has 3 nitrogen and oxygen atoms in total. The molecular weight excluding hydrogens is 255 g/mol. The number of rotatable bonds is 3. The van der Waals surface area contributed by atoms with Crippen LogP contribution in [0.1, 0.15) is 24.8 Å². The van der Waals surface area contributed by atoms with Gasteiger partial charge in [-0.25, -0.2) is 4.39 Å². The third kappa shape index (κ3) is 3.43. The van der Waals surface area contributed by atoms with Gasteiger partial charge in [-0.15, -0.1) is 0 Å². The largest absolute Gasteiger partial charge is 0.351 e. The lowest BCUT2D eigenvalue weighted by Gasteiger charge is -2.22. The van der Waals surface area contributed by atoms with Crippen molar-refractivity contribution in [2.75, 3.05) is 6.54 Å². The maximum absolute atomic E-state index is 13.0. The number of carbonyl (C=O) groups excluding carboxylic acids is 1. The van der Waals surface area contributed by atoms with E-state index in [4.69, 9.17) is 11.6 Å². The van der Waals surface area contributed by atoms with Crippen LogP contribution >= 0.6 is 11.6 Å². The third-order valence-corrected chi connectivity index (χ3v) is 3.37. The minimum absolute atomic E-state index is 0.00449. The summed E-state index contributed by atoms with van der Waals surface area (Å²) in [6, 6.07) is 4.36. The molecule has 0 aliphatic carbocycles. The van der Waals surface area contributed by atoms with Crippen molar-refractivity contribution >= 4 is 17.5 Å². The summed E-state index contributed by atoms with van der Waals surface area (Å²) in [5, 5.41) is 6.09. The number of benzene rings is 1. The molecule has 1 aliphatic heterocycles. The SMILES string of the molecule is O=C(NCc1ccc(F)c(Cl)c1)[C@@H]1CCCCN1. The molecule has 1 aliphatic rings. The van der Waals surface area contributed by atoms with Crippen LogP contribution in [0, 0.1) is 5.82 Å². The topological polar surface area (TPSA) is 41.1 Å². The van der Waals surface area contributed by atoms with Crippen LogP contribution in [-0.4, -0.2) is 18.5 Å². The Morgan fingerprint density at radius 1 is 1.50 bits per heavy atom. The van der Waals surface area contributed by atoms with E-state index in [2.05, 4.69) is 10.6 Å². The van der Waals surface area contributed by atoms with Gasteiger partial charge in [0.25, 0.3) is 0 Å². The molecule has 5 heteroatoms. The highest BCUT2D eigenvalue weighted by atomic mass is 35.5. The number of amides is 1. The minimum atomic E-state index is -0.444. The zero-order valence-corrected chi connectivity index (χ0v) is 10.8. The van der Waals surface area contributed by atoms with Crippen molar-refractivity contribution in [1.82, 2.24) is 10.6 Å². The van der Waals surface area contributed by atoms with Crippen molar-refractivity contribution in [2.24, 2.45) is 0 Å². The van der Waals surface area contributed by atoms with Crippen LogP contribution in [0.15, 0.2) is 18.2 Å². The van der Waals surface area contributed by atoms with Gasteiger partial charge in [0.2, 0.25) is 5.91 Å². The van der Waals surface area contributed by atoms with E-state index in [0.29, 0.717) is 6.54 Å². The highest BCUT2D eigenvalue weighted by molar-refractivity contribution is 6.30. The molecule has 1 aromatic carbocycles. The Balaban J connectivity index is 1.86. The molecule has 0 unspecified atom stereocenters. The Bertz CT molecular complexity index is 433. The quantitative estimate of drug-likeness (QED) is 0.884. The predicted molar refractivity (Wildman–Crippen MR) is 68.9 cm³/mol. The summed E-state index contributed by atoms with van der Waals surface area (Å²) in [7, 11) is 0. The summed E-state index contributed by atoms with van der Waals surface area (Å²) in [5.74, 6) is -0.448. The van der Waals surface area contributed by atoms with E-state index in [-0.39, 0.29) is 17.0 Å². The first kappa shape index (κ1) is 13.3. The van der Waals surface area contributed by atoms with E-state index in [9.17, 15) is 9.18 Å². The number of halogens is 2. The number of carbonyl (C=O) groups is 1. The molecule has 1 atom stereocenters. The van der Waals surface area contributed by atoms with Gasteiger partial charge >= 0.3 is 0 Å². The third-order valence-electron chi connectivity index (χ3n) is 3.08. The first-order valence-corrected chi connectivity index (χ1v) is 6.49. The van der Waals surface area contributed by atoms with E-state index in [1.54, 1.807) is 6.07 Å². The average molecular weight is 271 g/mol. The van der Waals surface area contributed by atoms with Gasteiger partial charge in [-0.3, -0.25) is 4.79 Å². The van der Waals surface area contributed by atoms with Crippen LogP contribution in [0.25, 0.3) is 0 Å². The summed E-state index contributed by atoms with van der Waals surface area (Å²) < 4.78 is 13.0. The Hall–Kier alpha value is -1.13. The fourth-order valence-electron chi connectivity index (χ4n) is 2.04. The second-order valence-corrected chi connectivity index (χ2v) is 4.88. The second-order valence-electron chi connectivity index (χ2n) is 4.47. The van der Waals surface area contributed by atoms with Gasteiger partial charge in [0, 0.05) is 6.54 Å². The van der Waals surface area contributed by atoms with Gasteiger partial charge in [0.05, 0.1) is 11.1 Å². The van der Waals surface area contributed by atoms with Gasteiger partial charge in [0.1, 0.15) is 5.82 Å². The second kappa shape index (κ2) is 6.16. The highest BCUT2D eigenvalue weighted by Crippen LogP contribution is 2.16. The monoisotopic (exact) mass is 270 g/mol. The fraction of sp³-hybridized carbons (Fsp3) is 0.462. The molecule has 0 aromatic heterocycles. The van der Waals surface area contributed by atoms with E-state index >= 15 is 0 Å². The van der Waals surface area contributed by atoms with Crippen molar-refractivity contribution in [3.8, 4) is 0 Å². The summed E-state index contributed by atoms with van der Waals surface area (Å²) >= 11 is 5.68. The Morgan fingerprint density at radius 3 is 3.00 bits per heavy atom. The molecule has 1 aromatic rings. The highest BCUT2D eigenvalue weighted by Gasteiger charge is 2.19. The first-order valence-electron chi connectivity index (χ1n) is 6.12. The van der Waals surface area contributed by atoms with E-state index in [1.807, 2.05) is 0 Å². The van der Waals surface area contributed by atoms with Crippen LogP contribution in [0.5, 0.6) is 0 Å². The maximum Gasteiger partial charge on any atom is 0.237 e. The maximum atomic E-state index is 13.0. The zero-order chi connectivity index (χ0) is 13.0. The Labute approximate surface area is 111 Å². The number of piperidine rings is 1. The minimum Gasteiger partial charge on any atom is -0.351 e. The van der Waals surface area contributed by atoms with Crippen molar-refractivity contribution in [2.45, 2.75) is 31.8 Å². The molecule has 0 radical (unpaired) electrons. The number of hydrogen-bond acceptors (Lipinski definition) is 2. The normalized spacial score (nSPS) is 19.6. The lowest BCUT2D eigenvalue weighted by Crippen LogP contribution is -2.46. The first-order chi connectivity index (χ1) is 8.66. The zero-order valence-electron chi connectivity index (χ0n) is 10.0. The number of hydrogen-bond donors (Lipinski definition) is 2.